The van der Waals surface area contributed by atoms with E-state index in [0.29, 0.717) is 19.7 Å². The minimum Gasteiger partial charge on any atom is -0.481 e. The number of hydrogen-bond acceptors (Lipinski definition) is 4. The van der Waals surface area contributed by atoms with E-state index >= 15 is 0 Å². The van der Waals surface area contributed by atoms with Gasteiger partial charge in [-0.3, -0.25) is 9.59 Å². The molecule has 0 bridgehead atoms. The van der Waals surface area contributed by atoms with Gasteiger partial charge < -0.3 is 19.5 Å². The number of carboxylic acid groups (broad SMARTS) is 1. The monoisotopic (exact) mass is 285 g/mol. The van der Waals surface area contributed by atoms with Gasteiger partial charge in [-0.25, -0.2) is 0 Å². The maximum absolute atomic E-state index is 12.1. The van der Waals surface area contributed by atoms with Crippen LogP contribution in [0.1, 0.15) is 38.5 Å². The summed E-state index contributed by atoms with van der Waals surface area (Å²) in [6, 6.07) is 0. The standard InChI is InChI=1S/C14H23NO5/c16-13(10-20-11-4-2-1-3-5-11)15-6-7-19-12(9-15)8-14(17)18/h11-12H,1-10H2,(H,17,18)/t12-/m1/s1. The molecule has 6 nitrogen and oxygen atoms in total. The van der Waals surface area contributed by atoms with E-state index in [2.05, 4.69) is 0 Å². The summed E-state index contributed by atoms with van der Waals surface area (Å²) in [7, 11) is 0. The Hall–Kier alpha value is -1.14. The molecule has 2 fully saturated rings. The lowest BCUT2D eigenvalue weighted by atomic mass is 9.98. The summed E-state index contributed by atoms with van der Waals surface area (Å²) in [5.41, 5.74) is 0. The predicted molar refractivity (Wildman–Crippen MR) is 71.4 cm³/mol. The molecule has 2 aliphatic rings. The maximum atomic E-state index is 12.1. The third-order valence-corrected chi connectivity index (χ3v) is 3.89. The SMILES string of the molecule is O=C(O)C[C@@H]1CN(C(=O)COC2CCCCC2)CCO1. The molecule has 2 rings (SSSR count). The van der Waals surface area contributed by atoms with Crippen molar-refractivity contribution in [3.8, 4) is 0 Å². The van der Waals surface area contributed by atoms with Crippen LogP contribution < -0.4 is 0 Å². The smallest absolute Gasteiger partial charge is 0.306 e. The van der Waals surface area contributed by atoms with E-state index in [0.717, 1.165) is 12.8 Å². The Balaban J connectivity index is 1.72. The number of rotatable bonds is 5. The van der Waals surface area contributed by atoms with Crippen molar-refractivity contribution in [1.82, 2.24) is 4.90 Å². The molecule has 1 saturated heterocycles. The molecule has 1 heterocycles. The average Bonchev–Trinajstić information content (AvgIpc) is 2.45. The molecule has 6 heteroatoms. The molecule has 0 radical (unpaired) electrons. The summed E-state index contributed by atoms with van der Waals surface area (Å²) in [6.45, 7) is 1.36. The van der Waals surface area contributed by atoms with Crippen LogP contribution in [0.4, 0.5) is 0 Å². The van der Waals surface area contributed by atoms with Gasteiger partial charge in [0.25, 0.3) is 0 Å². The summed E-state index contributed by atoms with van der Waals surface area (Å²) < 4.78 is 11.0. The maximum Gasteiger partial charge on any atom is 0.306 e. The highest BCUT2D eigenvalue weighted by Gasteiger charge is 2.26. The molecule has 1 aliphatic heterocycles. The Bertz CT molecular complexity index is 340. The van der Waals surface area contributed by atoms with E-state index < -0.39 is 12.1 Å². The second kappa shape index (κ2) is 7.59. The Kier molecular flexibility index (Phi) is 5.79. The van der Waals surface area contributed by atoms with Gasteiger partial charge in [0.2, 0.25) is 5.91 Å². The number of nitrogens with zero attached hydrogens (tertiary/aromatic N) is 1. The van der Waals surface area contributed by atoms with Crippen LogP contribution in [-0.2, 0) is 19.1 Å². The van der Waals surface area contributed by atoms with Crippen LogP contribution in [0.2, 0.25) is 0 Å². The van der Waals surface area contributed by atoms with Crippen LogP contribution in [0, 0.1) is 0 Å². The number of morpholine rings is 1. The van der Waals surface area contributed by atoms with E-state index in [4.69, 9.17) is 14.6 Å². The quantitative estimate of drug-likeness (QED) is 0.816. The lowest BCUT2D eigenvalue weighted by Crippen LogP contribution is -2.47. The van der Waals surface area contributed by atoms with Crippen molar-refractivity contribution in [3.05, 3.63) is 0 Å². The largest absolute Gasteiger partial charge is 0.481 e. The van der Waals surface area contributed by atoms with Gasteiger partial charge in [0.1, 0.15) is 6.61 Å². The number of carbonyl (C=O) groups excluding carboxylic acids is 1. The first-order valence-electron chi connectivity index (χ1n) is 7.38. The van der Waals surface area contributed by atoms with Crippen LogP contribution in [-0.4, -0.2) is 60.4 Å². The number of carboxylic acids is 1. The average molecular weight is 285 g/mol. The summed E-state index contributed by atoms with van der Waals surface area (Å²) in [5.74, 6) is -0.961. The van der Waals surface area contributed by atoms with Gasteiger partial charge in [-0.05, 0) is 12.8 Å². The molecule has 20 heavy (non-hydrogen) atoms. The Morgan fingerprint density at radius 2 is 2.00 bits per heavy atom. The lowest BCUT2D eigenvalue weighted by Gasteiger charge is -2.32. The van der Waals surface area contributed by atoms with Gasteiger partial charge in [0.15, 0.2) is 0 Å². The topological polar surface area (TPSA) is 76.1 Å². The fourth-order valence-corrected chi connectivity index (χ4v) is 2.78. The van der Waals surface area contributed by atoms with Crippen LogP contribution in [0.25, 0.3) is 0 Å². The Labute approximate surface area is 119 Å². The zero-order valence-electron chi connectivity index (χ0n) is 11.8. The molecule has 0 aromatic heterocycles. The summed E-state index contributed by atoms with van der Waals surface area (Å²) in [6.07, 6.45) is 5.44. The van der Waals surface area contributed by atoms with Crippen LogP contribution in [0.3, 0.4) is 0 Å². The molecule has 1 N–H and O–H groups in total. The summed E-state index contributed by atoms with van der Waals surface area (Å²) in [5, 5.41) is 8.76. The van der Waals surface area contributed by atoms with E-state index in [9.17, 15) is 9.59 Å². The number of amides is 1. The minimum absolute atomic E-state index is 0.0609. The number of aliphatic carboxylic acids is 1. The first-order chi connectivity index (χ1) is 9.65. The molecule has 114 valence electrons. The van der Waals surface area contributed by atoms with Crippen molar-refractivity contribution in [1.29, 1.82) is 0 Å². The zero-order valence-corrected chi connectivity index (χ0v) is 11.8. The molecule has 0 aromatic carbocycles. The zero-order chi connectivity index (χ0) is 14.4. The number of ether oxygens (including phenoxy) is 2. The highest BCUT2D eigenvalue weighted by Crippen LogP contribution is 2.20. The Morgan fingerprint density at radius 1 is 1.25 bits per heavy atom. The van der Waals surface area contributed by atoms with Crippen molar-refractivity contribution < 1.29 is 24.2 Å². The number of carbonyl (C=O) groups is 2. The van der Waals surface area contributed by atoms with Gasteiger partial charge in [-0.2, -0.15) is 0 Å². The van der Waals surface area contributed by atoms with E-state index in [-0.39, 0.29) is 25.0 Å². The molecule has 1 saturated carbocycles. The van der Waals surface area contributed by atoms with E-state index in [1.54, 1.807) is 4.90 Å². The predicted octanol–water partition coefficient (Wildman–Crippen LogP) is 1.04. The van der Waals surface area contributed by atoms with Gasteiger partial charge in [-0.15, -0.1) is 0 Å². The molecule has 0 aromatic rings. The first kappa shape index (κ1) is 15.3. The minimum atomic E-state index is -0.900. The van der Waals surface area contributed by atoms with Crippen molar-refractivity contribution in [2.45, 2.75) is 50.7 Å². The molecular weight excluding hydrogens is 262 g/mol. The molecule has 0 unspecified atom stereocenters. The van der Waals surface area contributed by atoms with Crippen LogP contribution in [0.5, 0.6) is 0 Å². The fraction of sp³-hybridized carbons (Fsp3) is 0.857. The summed E-state index contributed by atoms with van der Waals surface area (Å²) in [4.78, 5) is 24.4. The lowest BCUT2D eigenvalue weighted by molar-refractivity contribution is -0.151. The molecule has 0 spiro atoms. The second-order valence-electron chi connectivity index (χ2n) is 5.50. The number of hydrogen-bond donors (Lipinski definition) is 1. The van der Waals surface area contributed by atoms with Crippen molar-refractivity contribution in [2.24, 2.45) is 0 Å². The van der Waals surface area contributed by atoms with Crippen molar-refractivity contribution in [3.63, 3.8) is 0 Å². The highest BCUT2D eigenvalue weighted by atomic mass is 16.5. The van der Waals surface area contributed by atoms with Crippen LogP contribution in [0.15, 0.2) is 0 Å². The van der Waals surface area contributed by atoms with Gasteiger partial charge >= 0.3 is 5.97 Å². The normalized spacial score (nSPS) is 24.6. The van der Waals surface area contributed by atoms with Gasteiger partial charge in [-0.1, -0.05) is 19.3 Å². The third kappa shape index (κ3) is 4.76. The molecular formula is C14H23NO5. The fourth-order valence-electron chi connectivity index (χ4n) is 2.78. The Morgan fingerprint density at radius 3 is 2.70 bits per heavy atom. The highest BCUT2D eigenvalue weighted by molar-refractivity contribution is 5.77. The second-order valence-corrected chi connectivity index (χ2v) is 5.50. The molecule has 1 amide bonds. The molecule has 1 aliphatic carbocycles. The van der Waals surface area contributed by atoms with Crippen LogP contribution >= 0.6 is 0 Å². The summed E-state index contributed by atoms with van der Waals surface area (Å²) >= 11 is 0. The first-order valence-corrected chi connectivity index (χ1v) is 7.38. The van der Waals surface area contributed by atoms with Crippen molar-refractivity contribution >= 4 is 11.9 Å². The third-order valence-electron chi connectivity index (χ3n) is 3.89. The van der Waals surface area contributed by atoms with Gasteiger partial charge in [0.05, 0.1) is 25.2 Å². The molecule has 1 atom stereocenters. The van der Waals surface area contributed by atoms with E-state index in [1.807, 2.05) is 0 Å². The van der Waals surface area contributed by atoms with Crippen molar-refractivity contribution in [2.75, 3.05) is 26.3 Å². The van der Waals surface area contributed by atoms with Gasteiger partial charge in [0, 0.05) is 13.1 Å². The van der Waals surface area contributed by atoms with E-state index in [1.165, 1.54) is 19.3 Å².